The van der Waals surface area contributed by atoms with Gasteiger partial charge in [0.1, 0.15) is 0 Å². The van der Waals surface area contributed by atoms with Crippen LogP contribution in [0.1, 0.15) is 12.5 Å². The second-order valence-electron chi connectivity index (χ2n) is 3.53. The van der Waals surface area contributed by atoms with E-state index in [4.69, 9.17) is 5.73 Å². The zero-order chi connectivity index (χ0) is 13.2. The number of rotatable bonds is 2. The molecule has 0 atom stereocenters. The number of nitrogens with one attached hydrogen (secondary N) is 1. The second-order valence-corrected chi connectivity index (χ2v) is 3.53. The summed E-state index contributed by atoms with van der Waals surface area (Å²) in [5.74, 6) is -0.468. The predicted octanol–water partition coefficient (Wildman–Crippen LogP) is 2.80. The molecule has 0 aliphatic carbocycles. The third kappa shape index (κ3) is 3.24. The molecule has 1 aromatic rings. The van der Waals surface area contributed by atoms with Crippen LogP contribution in [0.15, 0.2) is 30.4 Å². The molecule has 1 amide bonds. The Kier molecular flexibility index (Phi) is 3.45. The van der Waals surface area contributed by atoms with Crippen LogP contribution in [0.5, 0.6) is 0 Å². The first kappa shape index (κ1) is 13.1. The number of carbonyl (C=O) groups excluding carboxylic acids is 1. The Bertz CT molecular complexity index is 466. The fourth-order valence-electron chi connectivity index (χ4n) is 1.14. The average molecular weight is 244 g/mol. The Hall–Kier alpha value is -1.98. The Balaban J connectivity index is 2.98. The van der Waals surface area contributed by atoms with Gasteiger partial charge in [-0.3, -0.25) is 4.79 Å². The molecule has 0 saturated heterocycles. The average Bonchev–Trinajstić information content (AvgIpc) is 2.15. The smallest absolute Gasteiger partial charge is 0.398 e. The zero-order valence-electron chi connectivity index (χ0n) is 9.06. The van der Waals surface area contributed by atoms with Crippen LogP contribution in [0.2, 0.25) is 0 Å². The molecule has 0 bridgehead atoms. The summed E-state index contributed by atoms with van der Waals surface area (Å²) in [5, 5.41) is 2.38. The highest BCUT2D eigenvalue weighted by Gasteiger charge is 2.32. The molecule has 1 rings (SSSR count). The van der Waals surface area contributed by atoms with Crippen LogP contribution in [0, 0.1) is 0 Å². The van der Waals surface area contributed by atoms with E-state index in [0.717, 1.165) is 18.2 Å². The molecule has 0 saturated carbocycles. The highest BCUT2D eigenvalue weighted by molar-refractivity contribution is 6.03. The van der Waals surface area contributed by atoms with Crippen LogP contribution in [-0.4, -0.2) is 5.91 Å². The number of halogens is 3. The van der Waals surface area contributed by atoms with Crippen LogP contribution in [0.4, 0.5) is 24.5 Å². The molecule has 0 unspecified atom stereocenters. The van der Waals surface area contributed by atoms with Gasteiger partial charge in [0, 0.05) is 16.9 Å². The highest BCUT2D eigenvalue weighted by Crippen LogP contribution is 2.34. The van der Waals surface area contributed by atoms with Crippen LogP contribution >= 0.6 is 0 Å². The normalized spacial score (nSPS) is 11.1. The molecule has 0 radical (unpaired) electrons. The lowest BCUT2D eigenvalue weighted by Gasteiger charge is -2.11. The van der Waals surface area contributed by atoms with Crippen molar-refractivity contribution in [1.29, 1.82) is 0 Å². The Morgan fingerprint density at radius 1 is 1.41 bits per heavy atom. The van der Waals surface area contributed by atoms with E-state index < -0.39 is 23.3 Å². The van der Waals surface area contributed by atoms with E-state index in [2.05, 4.69) is 11.9 Å². The molecule has 0 aromatic heterocycles. The molecule has 0 fully saturated rings. The van der Waals surface area contributed by atoms with Crippen molar-refractivity contribution in [3.8, 4) is 0 Å². The largest absolute Gasteiger partial charge is 0.418 e. The number of nitrogens with two attached hydrogens (primary N) is 1. The van der Waals surface area contributed by atoms with E-state index in [9.17, 15) is 18.0 Å². The molecule has 17 heavy (non-hydrogen) atoms. The molecule has 0 aliphatic rings. The van der Waals surface area contributed by atoms with Crippen LogP contribution < -0.4 is 11.1 Å². The first-order chi connectivity index (χ1) is 7.71. The van der Waals surface area contributed by atoms with Crippen LogP contribution in [-0.2, 0) is 11.0 Å². The predicted molar refractivity (Wildman–Crippen MR) is 59.3 cm³/mol. The standard InChI is InChI=1S/C11H11F3N2O/c1-6(2)10(17)16-7-3-4-8(9(15)5-7)11(12,13)14/h3-5H,1,15H2,2H3,(H,16,17). The van der Waals surface area contributed by atoms with Gasteiger partial charge in [-0.25, -0.2) is 0 Å². The molecular weight excluding hydrogens is 233 g/mol. The van der Waals surface area contributed by atoms with Gasteiger partial charge in [-0.15, -0.1) is 0 Å². The fourth-order valence-corrected chi connectivity index (χ4v) is 1.14. The lowest BCUT2D eigenvalue weighted by molar-refractivity contribution is -0.136. The lowest BCUT2D eigenvalue weighted by atomic mass is 10.1. The highest BCUT2D eigenvalue weighted by atomic mass is 19.4. The van der Waals surface area contributed by atoms with Crippen molar-refractivity contribution >= 4 is 17.3 Å². The fraction of sp³-hybridized carbons (Fsp3) is 0.182. The second kappa shape index (κ2) is 4.48. The Labute approximate surface area is 96.1 Å². The maximum atomic E-state index is 12.4. The summed E-state index contributed by atoms with van der Waals surface area (Å²) in [6.07, 6.45) is -4.50. The van der Waals surface area contributed by atoms with Crippen molar-refractivity contribution in [3.63, 3.8) is 0 Å². The lowest BCUT2D eigenvalue weighted by Crippen LogP contribution is -2.13. The minimum absolute atomic E-state index is 0.198. The van der Waals surface area contributed by atoms with Gasteiger partial charge in [0.25, 0.3) is 5.91 Å². The first-order valence-electron chi connectivity index (χ1n) is 4.65. The molecule has 6 heteroatoms. The molecule has 0 spiro atoms. The summed E-state index contributed by atoms with van der Waals surface area (Å²) in [6, 6.07) is 3.02. The van der Waals surface area contributed by atoms with E-state index in [1.165, 1.54) is 6.92 Å². The molecule has 3 N–H and O–H groups in total. The topological polar surface area (TPSA) is 55.1 Å². The molecule has 0 aliphatic heterocycles. The van der Waals surface area contributed by atoms with Crippen molar-refractivity contribution in [3.05, 3.63) is 35.9 Å². The van der Waals surface area contributed by atoms with Crippen LogP contribution in [0.25, 0.3) is 0 Å². The summed E-state index contributed by atoms with van der Waals surface area (Å²) in [7, 11) is 0. The third-order valence-electron chi connectivity index (χ3n) is 2.00. The first-order valence-corrected chi connectivity index (χ1v) is 4.65. The number of hydrogen-bond donors (Lipinski definition) is 2. The number of carbonyl (C=O) groups is 1. The summed E-state index contributed by atoms with van der Waals surface area (Å²) < 4.78 is 37.2. The number of nitrogen functional groups attached to an aromatic ring is 1. The van der Waals surface area contributed by atoms with Crippen molar-refractivity contribution in [2.24, 2.45) is 0 Å². The Morgan fingerprint density at radius 3 is 2.41 bits per heavy atom. The quantitative estimate of drug-likeness (QED) is 0.620. The summed E-state index contributed by atoms with van der Waals surface area (Å²) in [5.41, 5.74) is 4.36. The number of amides is 1. The number of alkyl halides is 3. The number of hydrogen-bond acceptors (Lipinski definition) is 2. The number of benzene rings is 1. The van der Waals surface area contributed by atoms with Crippen molar-refractivity contribution in [1.82, 2.24) is 0 Å². The van der Waals surface area contributed by atoms with Gasteiger partial charge in [-0.2, -0.15) is 13.2 Å². The monoisotopic (exact) mass is 244 g/mol. The maximum Gasteiger partial charge on any atom is 0.418 e. The minimum Gasteiger partial charge on any atom is -0.398 e. The van der Waals surface area contributed by atoms with Gasteiger partial charge >= 0.3 is 6.18 Å². The van der Waals surface area contributed by atoms with Gasteiger partial charge in [-0.1, -0.05) is 6.58 Å². The van der Waals surface area contributed by atoms with Gasteiger partial charge in [0.05, 0.1) is 5.56 Å². The van der Waals surface area contributed by atoms with Crippen molar-refractivity contribution < 1.29 is 18.0 Å². The van der Waals surface area contributed by atoms with E-state index in [1.807, 2.05) is 0 Å². The summed E-state index contributed by atoms with van der Waals surface area (Å²) >= 11 is 0. The maximum absolute atomic E-state index is 12.4. The van der Waals surface area contributed by atoms with Gasteiger partial charge < -0.3 is 11.1 Å². The third-order valence-corrected chi connectivity index (χ3v) is 2.00. The van der Waals surface area contributed by atoms with E-state index in [1.54, 1.807) is 0 Å². The van der Waals surface area contributed by atoms with Gasteiger partial charge in [-0.05, 0) is 25.1 Å². The molecule has 92 valence electrons. The van der Waals surface area contributed by atoms with Gasteiger partial charge in [0.2, 0.25) is 0 Å². The van der Waals surface area contributed by atoms with E-state index in [0.29, 0.717) is 0 Å². The summed E-state index contributed by atoms with van der Waals surface area (Å²) in [4.78, 5) is 11.2. The summed E-state index contributed by atoms with van der Waals surface area (Å²) in [6.45, 7) is 4.90. The van der Waals surface area contributed by atoms with Crippen molar-refractivity contribution in [2.75, 3.05) is 11.1 Å². The Morgan fingerprint density at radius 2 is 2.00 bits per heavy atom. The van der Waals surface area contributed by atoms with Crippen LogP contribution in [0.3, 0.4) is 0 Å². The minimum atomic E-state index is -4.50. The molecule has 0 heterocycles. The molecule has 3 nitrogen and oxygen atoms in total. The zero-order valence-corrected chi connectivity index (χ0v) is 9.06. The number of anilines is 2. The van der Waals surface area contributed by atoms with Gasteiger partial charge in [0.15, 0.2) is 0 Å². The van der Waals surface area contributed by atoms with E-state index in [-0.39, 0.29) is 11.3 Å². The SMILES string of the molecule is C=C(C)C(=O)Nc1ccc(C(F)(F)F)c(N)c1. The molecule has 1 aromatic carbocycles. The van der Waals surface area contributed by atoms with E-state index >= 15 is 0 Å². The molecular formula is C11H11F3N2O. The van der Waals surface area contributed by atoms with Crippen molar-refractivity contribution in [2.45, 2.75) is 13.1 Å².